The van der Waals surface area contributed by atoms with E-state index in [2.05, 4.69) is 26.7 Å². The summed E-state index contributed by atoms with van der Waals surface area (Å²) in [5.74, 6) is 0.110. The summed E-state index contributed by atoms with van der Waals surface area (Å²) in [6.07, 6.45) is 2.81. The van der Waals surface area contributed by atoms with Crippen LogP contribution >= 0.6 is 0 Å². The quantitative estimate of drug-likeness (QED) is 0.351. The Kier molecular flexibility index (Phi) is 6.80. The molecule has 0 bridgehead atoms. The number of amides is 1. The highest BCUT2D eigenvalue weighted by Crippen LogP contribution is 2.30. The molecule has 2 aromatic heterocycles. The summed E-state index contributed by atoms with van der Waals surface area (Å²) in [4.78, 5) is 24.6. The zero-order valence-electron chi connectivity index (χ0n) is 20.9. The second-order valence-electron chi connectivity index (χ2n) is 9.40. The van der Waals surface area contributed by atoms with Gasteiger partial charge >= 0.3 is 6.09 Å². The van der Waals surface area contributed by atoms with Gasteiger partial charge in [0.1, 0.15) is 11.4 Å². The number of carbonyl (C=O) groups excluding carboxylic acids is 1. The van der Waals surface area contributed by atoms with Gasteiger partial charge in [-0.15, -0.1) is 0 Å². The maximum Gasteiger partial charge on any atom is 0.407 e. The lowest BCUT2D eigenvalue weighted by atomic mass is 9.99. The Hall–Kier alpha value is -4.91. The number of H-pyrrole nitrogens is 1. The SMILES string of the molecule is Cn1ncc(-c2ccc3c(=O)[nH]nc(CNC(=O)OC(C)(C)C)c3c2)c1/C=C(\C#N)c1ccc(O)cc1. The van der Waals surface area contributed by atoms with Gasteiger partial charge in [0, 0.05) is 18.0 Å². The third kappa shape index (κ3) is 5.67. The van der Waals surface area contributed by atoms with E-state index in [1.165, 1.54) is 12.1 Å². The molecule has 37 heavy (non-hydrogen) atoms. The fraction of sp³-hybridized carbons (Fsp3) is 0.222. The number of nitrogens with zero attached hydrogens (tertiary/aromatic N) is 4. The van der Waals surface area contributed by atoms with Crippen LogP contribution in [0.1, 0.15) is 37.7 Å². The molecule has 1 amide bonds. The van der Waals surface area contributed by atoms with Gasteiger partial charge in [-0.25, -0.2) is 9.89 Å². The lowest BCUT2D eigenvalue weighted by Crippen LogP contribution is -2.32. The molecule has 4 rings (SSSR count). The second kappa shape index (κ2) is 9.99. The number of aryl methyl sites for hydroxylation is 1. The van der Waals surface area contributed by atoms with Crippen molar-refractivity contribution in [1.29, 1.82) is 5.26 Å². The summed E-state index contributed by atoms with van der Waals surface area (Å²) in [5.41, 5.74) is 2.67. The van der Waals surface area contributed by atoms with Crippen molar-refractivity contribution in [3.05, 3.63) is 76.0 Å². The molecule has 2 heterocycles. The maximum absolute atomic E-state index is 12.4. The van der Waals surface area contributed by atoms with E-state index < -0.39 is 11.7 Å². The average Bonchev–Trinajstić information content (AvgIpc) is 3.21. The number of nitriles is 1. The highest BCUT2D eigenvalue weighted by Gasteiger charge is 2.18. The Labute approximate surface area is 212 Å². The smallest absolute Gasteiger partial charge is 0.407 e. The van der Waals surface area contributed by atoms with Gasteiger partial charge in [-0.2, -0.15) is 15.5 Å². The first kappa shape index (κ1) is 25.2. The predicted octanol–water partition coefficient (Wildman–Crippen LogP) is 4.12. The topological polar surface area (TPSA) is 146 Å². The number of fused-ring (bicyclic) bond motifs is 1. The molecule has 0 radical (unpaired) electrons. The molecule has 2 aromatic carbocycles. The van der Waals surface area contributed by atoms with E-state index in [9.17, 15) is 20.0 Å². The van der Waals surface area contributed by atoms with E-state index >= 15 is 0 Å². The number of benzene rings is 2. The number of aromatic amines is 1. The summed E-state index contributed by atoms with van der Waals surface area (Å²) in [7, 11) is 1.77. The lowest BCUT2D eigenvalue weighted by molar-refractivity contribution is 0.0523. The molecule has 0 aliphatic heterocycles. The summed E-state index contributed by atoms with van der Waals surface area (Å²) in [6, 6.07) is 13.9. The van der Waals surface area contributed by atoms with Crippen LogP contribution in [0.3, 0.4) is 0 Å². The number of phenols is 1. The van der Waals surface area contributed by atoms with E-state index in [1.807, 2.05) is 6.07 Å². The number of nitrogens with one attached hydrogen (secondary N) is 2. The Morgan fingerprint density at radius 1 is 1.22 bits per heavy atom. The molecule has 0 fully saturated rings. The summed E-state index contributed by atoms with van der Waals surface area (Å²) in [5, 5.41) is 34.0. The van der Waals surface area contributed by atoms with Crippen molar-refractivity contribution < 1.29 is 14.6 Å². The zero-order chi connectivity index (χ0) is 26.7. The molecule has 0 spiro atoms. The minimum absolute atomic E-state index is 0.0465. The van der Waals surface area contributed by atoms with Crippen molar-refractivity contribution >= 4 is 28.5 Å². The van der Waals surface area contributed by atoms with Gasteiger partial charge < -0.3 is 15.2 Å². The molecule has 0 aliphatic carbocycles. The van der Waals surface area contributed by atoms with Crippen LogP contribution in [0.25, 0.3) is 33.5 Å². The molecule has 0 saturated heterocycles. The van der Waals surface area contributed by atoms with Crippen LogP contribution in [0.4, 0.5) is 4.79 Å². The Morgan fingerprint density at radius 3 is 2.62 bits per heavy atom. The van der Waals surface area contributed by atoms with Crippen LogP contribution in [0.2, 0.25) is 0 Å². The van der Waals surface area contributed by atoms with Crippen molar-refractivity contribution in [1.82, 2.24) is 25.3 Å². The van der Waals surface area contributed by atoms with Crippen molar-refractivity contribution in [2.75, 3.05) is 0 Å². The van der Waals surface area contributed by atoms with Gasteiger partial charge in [-0.3, -0.25) is 9.48 Å². The number of hydrogen-bond donors (Lipinski definition) is 3. The number of carbonyl (C=O) groups is 1. The van der Waals surface area contributed by atoms with Gasteiger partial charge in [0.05, 0.1) is 41.2 Å². The van der Waals surface area contributed by atoms with Gasteiger partial charge in [-0.05, 0) is 74.4 Å². The van der Waals surface area contributed by atoms with Crippen LogP contribution in [-0.4, -0.2) is 36.8 Å². The Balaban J connectivity index is 1.74. The maximum atomic E-state index is 12.4. The molecule has 0 unspecified atom stereocenters. The molecule has 10 heteroatoms. The van der Waals surface area contributed by atoms with Crippen molar-refractivity contribution in [3.8, 4) is 22.9 Å². The van der Waals surface area contributed by atoms with E-state index in [1.54, 1.807) is 69.0 Å². The molecule has 0 atom stereocenters. The third-order valence-electron chi connectivity index (χ3n) is 5.54. The van der Waals surface area contributed by atoms with Crippen molar-refractivity contribution in [3.63, 3.8) is 0 Å². The first-order valence-electron chi connectivity index (χ1n) is 11.5. The van der Waals surface area contributed by atoms with Gasteiger partial charge in [0.25, 0.3) is 5.56 Å². The third-order valence-corrected chi connectivity index (χ3v) is 5.54. The van der Waals surface area contributed by atoms with Crippen LogP contribution in [0, 0.1) is 11.3 Å². The molecular weight excluding hydrogens is 472 g/mol. The lowest BCUT2D eigenvalue weighted by Gasteiger charge is -2.19. The number of aromatic nitrogens is 4. The van der Waals surface area contributed by atoms with Crippen LogP contribution in [0.15, 0.2) is 53.5 Å². The van der Waals surface area contributed by atoms with E-state index in [0.717, 1.165) is 11.1 Å². The number of phenolic OH excluding ortho intramolecular Hbond substituents is 1. The molecule has 0 aliphatic rings. The Morgan fingerprint density at radius 2 is 1.95 bits per heavy atom. The summed E-state index contributed by atoms with van der Waals surface area (Å²) in [6.45, 7) is 5.36. The van der Waals surface area contributed by atoms with Gasteiger partial charge in [0.15, 0.2) is 0 Å². The van der Waals surface area contributed by atoms with Crippen molar-refractivity contribution in [2.24, 2.45) is 7.05 Å². The van der Waals surface area contributed by atoms with Gasteiger partial charge in [-0.1, -0.05) is 6.07 Å². The summed E-state index contributed by atoms with van der Waals surface area (Å²) >= 11 is 0. The van der Waals surface area contributed by atoms with Gasteiger partial charge in [0.2, 0.25) is 0 Å². The number of allylic oxidation sites excluding steroid dienone is 1. The van der Waals surface area contributed by atoms with Crippen LogP contribution in [-0.2, 0) is 18.3 Å². The largest absolute Gasteiger partial charge is 0.508 e. The average molecular weight is 499 g/mol. The molecule has 3 N–H and O–H groups in total. The Bertz CT molecular complexity index is 1600. The summed E-state index contributed by atoms with van der Waals surface area (Å²) < 4.78 is 6.94. The standard InChI is InChI=1S/C27H26N6O4/c1-27(2,3)37-26(36)29-15-23-21-11-17(7-10-20(21)25(35)32-31-23)22-14-30-33(4)24(22)12-18(13-28)16-5-8-19(34)9-6-16/h5-12,14,34H,15H2,1-4H3,(H,29,36)(H,32,35)/b18-12+. The fourth-order valence-electron chi connectivity index (χ4n) is 3.79. The van der Waals surface area contributed by atoms with E-state index in [4.69, 9.17) is 4.74 Å². The van der Waals surface area contributed by atoms with Crippen LogP contribution < -0.4 is 10.9 Å². The van der Waals surface area contributed by atoms with E-state index in [0.29, 0.717) is 33.3 Å². The molecule has 10 nitrogen and oxygen atoms in total. The van der Waals surface area contributed by atoms with Crippen molar-refractivity contribution in [2.45, 2.75) is 32.9 Å². The number of rotatable bonds is 5. The second-order valence-corrected chi connectivity index (χ2v) is 9.40. The zero-order valence-corrected chi connectivity index (χ0v) is 20.9. The first-order valence-corrected chi connectivity index (χ1v) is 11.5. The normalized spacial score (nSPS) is 11.8. The highest BCUT2D eigenvalue weighted by molar-refractivity contribution is 5.94. The molecule has 188 valence electrons. The molecule has 4 aromatic rings. The predicted molar refractivity (Wildman–Crippen MR) is 139 cm³/mol. The highest BCUT2D eigenvalue weighted by atomic mass is 16.6. The fourth-order valence-corrected chi connectivity index (χ4v) is 3.79. The van der Waals surface area contributed by atoms with E-state index in [-0.39, 0.29) is 17.9 Å². The monoisotopic (exact) mass is 498 g/mol. The molecule has 0 saturated carbocycles. The number of alkyl carbamates (subject to hydrolysis) is 1. The number of hydrogen-bond acceptors (Lipinski definition) is 7. The first-order chi connectivity index (χ1) is 17.6. The van der Waals surface area contributed by atoms with Crippen LogP contribution in [0.5, 0.6) is 5.75 Å². The number of aromatic hydroxyl groups is 1. The minimum atomic E-state index is -0.648. The molecular formula is C27H26N6O4. The minimum Gasteiger partial charge on any atom is -0.508 e. The number of ether oxygens (including phenoxy) is 1.